The van der Waals surface area contributed by atoms with Crippen LogP contribution in [0, 0.1) is 0 Å². The molecule has 4 aromatic heterocycles. The van der Waals surface area contributed by atoms with Crippen LogP contribution in [0.1, 0.15) is 11.1 Å². The Morgan fingerprint density at radius 3 is 2.29 bits per heavy atom. The lowest BCUT2D eigenvalue weighted by Gasteiger charge is -2.25. The highest BCUT2D eigenvalue weighted by molar-refractivity contribution is 6.22. The number of fused-ring (bicyclic) bond motifs is 7. The zero-order valence-electron chi connectivity index (χ0n) is 21.9. The van der Waals surface area contributed by atoms with Crippen molar-refractivity contribution < 1.29 is 13.9 Å². The third kappa shape index (κ3) is 2.05. The quantitative estimate of drug-likeness (QED) is 0.163. The predicted octanol–water partition coefficient (Wildman–Crippen LogP) is 7.34. The van der Waals surface area contributed by atoms with Gasteiger partial charge >= 0.3 is 5.66 Å². The van der Waals surface area contributed by atoms with Crippen molar-refractivity contribution in [2.45, 2.75) is 5.66 Å². The summed E-state index contributed by atoms with van der Waals surface area (Å²) in [5, 5.41) is 5.04. The van der Waals surface area contributed by atoms with Crippen molar-refractivity contribution in [2.75, 3.05) is 0 Å². The summed E-state index contributed by atoms with van der Waals surface area (Å²) >= 11 is 0. The summed E-state index contributed by atoms with van der Waals surface area (Å²) in [7, 11) is 0. The van der Waals surface area contributed by atoms with Gasteiger partial charge in [0.05, 0.1) is 33.1 Å². The molecule has 1 spiro atoms. The summed E-state index contributed by atoms with van der Waals surface area (Å²) < 4.78 is 14.3. The van der Waals surface area contributed by atoms with Gasteiger partial charge in [0.2, 0.25) is 11.2 Å². The molecule has 11 rings (SSSR count). The number of hydrogen-bond donors (Lipinski definition) is 0. The fourth-order valence-electron chi connectivity index (χ4n) is 8.27. The van der Waals surface area contributed by atoms with Crippen LogP contribution in [0.2, 0.25) is 0 Å². The molecular weight excluding hydrogens is 502 g/mol. The molecular formula is C37H21N3O+2. The first kappa shape index (κ1) is 20.4. The van der Waals surface area contributed by atoms with Gasteiger partial charge in [-0.25, -0.2) is 0 Å². The van der Waals surface area contributed by atoms with Gasteiger partial charge < -0.3 is 9.14 Å². The lowest BCUT2D eigenvalue weighted by Crippen LogP contribution is -2.71. The van der Waals surface area contributed by atoms with Gasteiger partial charge in [-0.15, -0.1) is 9.13 Å². The molecule has 4 aromatic carbocycles. The van der Waals surface area contributed by atoms with E-state index < -0.39 is 5.66 Å². The van der Waals surface area contributed by atoms with Crippen molar-refractivity contribution in [1.82, 2.24) is 4.40 Å². The second-order valence-electron chi connectivity index (χ2n) is 11.3. The molecule has 0 radical (unpaired) electrons. The van der Waals surface area contributed by atoms with Crippen LogP contribution in [-0.4, -0.2) is 4.40 Å². The highest BCUT2D eigenvalue weighted by Crippen LogP contribution is 2.57. The summed E-state index contributed by atoms with van der Waals surface area (Å²) in [4.78, 5) is 0. The third-order valence-electron chi connectivity index (χ3n) is 9.58. The Labute approximate surface area is 234 Å². The highest BCUT2D eigenvalue weighted by Gasteiger charge is 2.70. The molecule has 0 aliphatic carbocycles. The largest absolute Gasteiger partial charge is 0.456 e. The van der Waals surface area contributed by atoms with Crippen LogP contribution in [0.15, 0.2) is 128 Å². The first-order valence-corrected chi connectivity index (χ1v) is 14.1. The van der Waals surface area contributed by atoms with Crippen LogP contribution in [-0.2, 0) is 5.66 Å². The average molecular weight is 524 g/mol. The molecule has 8 aromatic rings. The third-order valence-corrected chi connectivity index (χ3v) is 9.58. The van der Waals surface area contributed by atoms with E-state index in [1.54, 1.807) is 0 Å². The molecule has 4 nitrogen and oxygen atoms in total. The molecule has 41 heavy (non-hydrogen) atoms. The Balaban J connectivity index is 1.46. The van der Waals surface area contributed by atoms with Gasteiger partial charge in [-0.1, -0.05) is 60.7 Å². The fourth-order valence-corrected chi connectivity index (χ4v) is 8.27. The molecule has 188 valence electrons. The van der Waals surface area contributed by atoms with Crippen LogP contribution in [0.5, 0.6) is 11.5 Å². The molecule has 1 atom stereocenters. The predicted molar refractivity (Wildman–Crippen MR) is 159 cm³/mol. The number of aromatic nitrogens is 3. The maximum absolute atomic E-state index is 6.76. The molecule has 1 unspecified atom stereocenters. The van der Waals surface area contributed by atoms with Gasteiger partial charge in [0.1, 0.15) is 11.5 Å². The molecule has 0 N–H and O–H groups in total. The summed E-state index contributed by atoms with van der Waals surface area (Å²) in [6, 6.07) is 41.6. The van der Waals surface area contributed by atoms with Gasteiger partial charge in [0.25, 0.3) is 0 Å². The average Bonchev–Trinajstić information content (AvgIpc) is 3.66. The minimum Gasteiger partial charge on any atom is -0.456 e. The van der Waals surface area contributed by atoms with Crippen molar-refractivity contribution >= 4 is 38.1 Å². The molecule has 0 saturated carbocycles. The van der Waals surface area contributed by atoms with Gasteiger partial charge in [-0.2, -0.15) is 0 Å². The molecule has 4 heteroatoms. The second-order valence-corrected chi connectivity index (χ2v) is 11.3. The molecule has 3 aliphatic heterocycles. The molecule has 0 saturated heterocycles. The van der Waals surface area contributed by atoms with Crippen LogP contribution in [0.4, 0.5) is 0 Å². The molecule has 7 heterocycles. The summed E-state index contributed by atoms with van der Waals surface area (Å²) in [5.74, 6) is 1.85. The van der Waals surface area contributed by atoms with Gasteiger partial charge in [0, 0.05) is 29.0 Å². The van der Waals surface area contributed by atoms with Crippen molar-refractivity contribution in [2.24, 2.45) is 0 Å². The minimum atomic E-state index is -0.556. The van der Waals surface area contributed by atoms with Crippen molar-refractivity contribution in [3.63, 3.8) is 0 Å². The number of rotatable bonds is 1. The lowest BCUT2D eigenvalue weighted by atomic mass is 9.86. The van der Waals surface area contributed by atoms with E-state index in [-0.39, 0.29) is 0 Å². The first-order chi connectivity index (χ1) is 20.4. The van der Waals surface area contributed by atoms with Crippen LogP contribution < -0.4 is 13.9 Å². The normalized spacial score (nSPS) is 17.1. The summed E-state index contributed by atoms with van der Waals surface area (Å²) in [6.45, 7) is 0. The standard InChI is InChI=1S/C37H21N3O/c1-2-10-22(11-3-1)34-23-12-4-5-13-24(23)35-26-15-9-21-39-36(26)31-28(40(34)35)18-19-30-33(31)37(39)32-25(14-8-17-29(32)41-30)27-16-6-7-20-38(27)37/h1-21H/q+2. The molecule has 3 aliphatic rings. The van der Waals surface area contributed by atoms with Crippen LogP contribution >= 0.6 is 0 Å². The Morgan fingerprint density at radius 2 is 1.37 bits per heavy atom. The van der Waals surface area contributed by atoms with Gasteiger partial charge in [-0.05, 0) is 42.0 Å². The Kier molecular flexibility index (Phi) is 3.30. The number of hydrogen-bond acceptors (Lipinski definition) is 1. The van der Waals surface area contributed by atoms with E-state index in [4.69, 9.17) is 4.74 Å². The molecule has 0 amide bonds. The fraction of sp³-hybridized carbons (Fsp3) is 0.0270. The van der Waals surface area contributed by atoms with Crippen molar-refractivity contribution in [3.05, 3.63) is 139 Å². The zero-order chi connectivity index (χ0) is 26.4. The number of ether oxygens (including phenoxy) is 1. The van der Waals surface area contributed by atoms with Gasteiger partial charge in [-0.3, -0.25) is 0 Å². The topological polar surface area (TPSA) is 21.4 Å². The maximum Gasteiger partial charge on any atom is 0.425 e. The minimum absolute atomic E-state index is 0.556. The summed E-state index contributed by atoms with van der Waals surface area (Å²) in [5.41, 5.74) is 10.5. The van der Waals surface area contributed by atoms with E-state index in [0.29, 0.717) is 0 Å². The van der Waals surface area contributed by atoms with E-state index >= 15 is 0 Å². The van der Waals surface area contributed by atoms with Gasteiger partial charge in [0.15, 0.2) is 23.5 Å². The second kappa shape index (κ2) is 6.62. The number of nitrogens with zero attached hydrogens (tertiary/aromatic N) is 3. The first-order valence-electron chi connectivity index (χ1n) is 14.1. The maximum atomic E-state index is 6.76. The van der Waals surface area contributed by atoms with Crippen LogP contribution in [0.3, 0.4) is 0 Å². The highest BCUT2D eigenvalue weighted by atomic mass is 16.5. The SMILES string of the molecule is c1ccc(-c2c3ccccc3c3c4ccc[n+]5c4c4c6c(ccc4n23)Oc2cccc3c2C65[n+]2ccccc2-3)cc1. The number of benzene rings is 4. The van der Waals surface area contributed by atoms with E-state index in [1.165, 1.54) is 71.7 Å². The molecule has 0 fully saturated rings. The Morgan fingerprint density at radius 1 is 0.585 bits per heavy atom. The van der Waals surface area contributed by atoms with E-state index in [1.807, 2.05) is 0 Å². The van der Waals surface area contributed by atoms with Crippen molar-refractivity contribution in [3.8, 4) is 34.0 Å². The zero-order valence-corrected chi connectivity index (χ0v) is 21.9. The van der Waals surface area contributed by atoms with E-state index in [9.17, 15) is 0 Å². The number of pyridine rings is 3. The van der Waals surface area contributed by atoms with E-state index in [0.717, 1.165) is 11.5 Å². The lowest BCUT2D eigenvalue weighted by molar-refractivity contribution is -0.950. The monoisotopic (exact) mass is 523 g/mol. The smallest absolute Gasteiger partial charge is 0.425 e. The molecule has 0 bridgehead atoms. The van der Waals surface area contributed by atoms with Crippen molar-refractivity contribution in [1.29, 1.82) is 0 Å². The summed E-state index contributed by atoms with van der Waals surface area (Å²) in [6.07, 6.45) is 4.51. The van der Waals surface area contributed by atoms with E-state index in [2.05, 4.69) is 141 Å². The van der Waals surface area contributed by atoms with Crippen LogP contribution in [0.25, 0.3) is 60.6 Å². The Hall–Kier alpha value is -5.48. The Bertz CT molecular complexity index is 2510.